The number of allylic oxidation sites excluding steroid dienone is 2. The van der Waals surface area contributed by atoms with Gasteiger partial charge in [-0.2, -0.15) is 0 Å². The molecule has 0 spiro atoms. The number of aryl methyl sites for hydroxylation is 1. The Labute approximate surface area is 181 Å². The standard InChI is InChI=1S/C25H30NO3P/c1-16(2)26-25(28)29-24-12-11-21-22(17(24)3)14-20(15-23(21)27)19-9-7-18(8-10-19)6-4-5-13-30/h7-12,15-16H,4-6,13-14,30H2,1-3H3,(H,26,28). The molecule has 1 amide bonds. The molecule has 0 fully saturated rings. The highest BCUT2D eigenvalue weighted by atomic mass is 31.0. The number of amides is 1. The lowest BCUT2D eigenvalue weighted by atomic mass is 9.84. The molecule has 1 aliphatic carbocycles. The summed E-state index contributed by atoms with van der Waals surface area (Å²) in [6, 6.07) is 12.0. The average molecular weight is 423 g/mol. The summed E-state index contributed by atoms with van der Waals surface area (Å²) in [5, 5.41) is 2.72. The summed E-state index contributed by atoms with van der Waals surface area (Å²) in [4.78, 5) is 24.8. The summed E-state index contributed by atoms with van der Waals surface area (Å²) in [7, 11) is 2.77. The molecule has 30 heavy (non-hydrogen) atoms. The van der Waals surface area contributed by atoms with Crippen molar-refractivity contribution >= 4 is 26.7 Å². The van der Waals surface area contributed by atoms with E-state index in [1.54, 1.807) is 18.2 Å². The Hall–Kier alpha value is -2.45. The van der Waals surface area contributed by atoms with Crippen molar-refractivity contribution in [3.05, 3.63) is 70.3 Å². The van der Waals surface area contributed by atoms with Crippen LogP contribution in [0.2, 0.25) is 0 Å². The summed E-state index contributed by atoms with van der Waals surface area (Å²) in [5.41, 5.74) is 5.82. The molecule has 0 saturated carbocycles. The van der Waals surface area contributed by atoms with Gasteiger partial charge in [-0.25, -0.2) is 4.79 Å². The first-order valence-electron chi connectivity index (χ1n) is 10.5. The fourth-order valence-corrected chi connectivity index (χ4v) is 3.98. The number of ketones is 1. The van der Waals surface area contributed by atoms with Gasteiger partial charge in [-0.05, 0) is 98.7 Å². The van der Waals surface area contributed by atoms with E-state index in [2.05, 4.69) is 38.8 Å². The van der Waals surface area contributed by atoms with Gasteiger partial charge in [-0.3, -0.25) is 4.79 Å². The molecular weight excluding hydrogens is 393 g/mol. The zero-order valence-corrected chi connectivity index (χ0v) is 19.1. The van der Waals surface area contributed by atoms with Gasteiger partial charge in [0, 0.05) is 11.6 Å². The van der Waals surface area contributed by atoms with Gasteiger partial charge in [0.2, 0.25) is 0 Å². The predicted octanol–water partition coefficient (Wildman–Crippen LogP) is 5.51. The maximum absolute atomic E-state index is 12.7. The van der Waals surface area contributed by atoms with Gasteiger partial charge in [-0.15, -0.1) is 9.24 Å². The zero-order valence-electron chi connectivity index (χ0n) is 18.0. The molecule has 0 radical (unpaired) electrons. The van der Waals surface area contributed by atoms with E-state index in [0.717, 1.165) is 34.8 Å². The number of carbonyl (C=O) groups is 2. The van der Waals surface area contributed by atoms with Crippen LogP contribution in [0, 0.1) is 6.92 Å². The molecule has 1 N–H and O–H groups in total. The molecular formula is C25H30NO3P. The normalized spacial score (nSPS) is 13.1. The van der Waals surface area contributed by atoms with Crippen LogP contribution in [-0.4, -0.2) is 24.1 Å². The van der Waals surface area contributed by atoms with E-state index in [-0.39, 0.29) is 11.8 Å². The number of carbonyl (C=O) groups excluding carboxylic acids is 2. The van der Waals surface area contributed by atoms with Crippen molar-refractivity contribution in [3.8, 4) is 5.75 Å². The lowest BCUT2D eigenvalue weighted by molar-refractivity contribution is 0.104. The maximum atomic E-state index is 12.7. The molecule has 4 nitrogen and oxygen atoms in total. The van der Waals surface area contributed by atoms with Crippen LogP contribution in [0.15, 0.2) is 42.5 Å². The third-order valence-electron chi connectivity index (χ3n) is 5.34. The van der Waals surface area contributed by atoms with Crippen LogP contribution in [0.5, 0.6) is 5.75 Å². The lowest BCUT2D eigenvalue weighted by Crippen LogP contribution is -2.33. The smallest absolute Gasteiger partial charge is 0.410 e. The van der Waals surface area contributed by atoms with E-state index in [1.807, 2.05) is 20.8 Å². The molecule has 0 heterocycles. The van der Waals surface area contributed by atoms with Crippen molar-refractivity contribution in [2.24, 2.45) is 0 Å². The minimum absolute atomic E-state index is 0.00273. The van der Waals surface area contributed by atoms with Crippen molar-refractivity contribution in [1.82, 2.24) is 5.32 Å². The Kier molecular flexibility index (Phi) is 7.44. The first-order chi connectivity index (χ1) is 14.4. The van der Waals surface area contributed by atoms with Gasteiger partial charge in [0.05, 0.1) is 0 Å². The van der Waals surface area contributed by atoms with Crippen molar-refractivity contribution < 1.29 is 14.3 Å². The monoisotopic (exact) mass is 423 g/mol. The summed E-state index contributed by atoms with van der Waals surface area (Å²) in [5.74, 6) is 0.488. The molecule has 0 saturated heterocycles. The van der Waals surface area contributed by atoms with E-state index in [4.69, 9.17) is 4.74 Å². The number of hydrogen-bond acceptors (Lipinski definition) is 3. The highest BCUT2D eigenvalue weighted by Crippen LogP contribution is 2.34. The summed E-state index contributed by atoms with van der Waals surface area (Å²) < 4.78 is 5.48. The molecule has 0 aromatic heterocycles. The van der Waals surface area contributed by atoms with Crippen LogP contribution in [0.3, 0.4) is 0 Å². The molecule has 2 aromatic rings. The van der Waals surface area contributed by atoms with Gasteiger partial charge in [0.1, 0.15) is 5.75 Å². The van der Waals surface area contributed by atoms with Crippen molar-refractivity contribution in [3.63, 3.8) is 0 Å². The van der Waals surface area contributed by atoms with Gasteiger partial charge in [0.15, 0.2) is 5.78 Å². The highest BCUT2D eigenvalue weighted by molar-refractivity contribution is 7.16. The van der Waals surface area contributed by atoms with Crippen molar-refractivity contribution in [2.45, 2.75) is 52.5 Å². The van der Waals surface area contributed by atoms with E-state index in [1.165, 1.54) is 18.4 Å². The minimum Gasteiger partial charge on any atom is -0.410 e. The minimum atomic E-state index is -0.483. The molecule has 0 aliphatic heterocycles. The topological polar surface area (TPSA) is 55.4 Å². The van der Waals surface area contributed by atoms with Crippen LogP contribution in [0.25, 0.3) is 5.57 Å². The Morgan fingerprint density at radius 2 is 1.87 bits per heavy atom. The average Bonchev–Trinajstić information content (AvgIpc) is 2.70. The molecule has 2 aromatic carbocycles. The summed E-state index contributed by atoms with van der Waals surface area (Å²) >= 11 is 0. The van der Waals surface area contributed by atoms with E-state index >= 15 is 0 Å². The molecule has 1 aliphatic rings. The third-order valence-corrected chi connectivity index (χ3v) is 5.75. The van der Waals surface area contributed by atoms with Crippen LogP contribution in [0.4, 0.5) is 4.79 Å². The first-order valence-corrected chi connectivity index (χ1v) is 11.4. The Balaban J connectivity index is 1.80. The van der Waals surface area contributed by atoms with E-state index in [9.17, 15) is 9.59 Å². The fraction of sp³-hybridized carbons (Fsp3) is 0.360. The molecule has 1 atom stereocenters. The van der Waals surface area contributed by atoms with Gasteiger partial charge < -0.3 is 10.1 Å². The van der Waals surface area contributed by atoms with Crippen molar-refractivity contribution in [2.75, 3.05) is 6.16 Å². The Bertz CT molecular complexity index is 961. The van der Waals surface area contributed by atoms with Gasteiger partial charge in [-0.1, -0.05) is 24.3 Å². The van der Waals surface area contributed by atoms with Crippen LogP contribution < -0.4 is 10.1 Å². The maximum Gasteiger partial charge on any atom is 0.412 e. The van der Waals surface area contributed by atoms with Gasteiger partial charge >= 0.3 is 6.09 Å². The fourth-order valence-electron chi connectivity index (χ4n) is 3.69. The summed E-state index contributed by atoms with van der Waals surface area (Å²) in [6.07, 6.45) is 6.50. The number of rotatable bonds is 7. The molecule has 5 heteroatoms. The lowest BCUT2D eigenvalue weighted by Gasteiger charge is -2.21. The van der Waals surface area contributed by atoms with Crippen LogP contribution in [-0.2, 0) is 12.8 Å². The Morgan fingerprint density at radius 1 is 1.13 bits per heavy atom. The summed E-state index contributed by atoms with van der Waals surface area (Å²) in [6.45, 7) is 5.66. The van der Waals surface area contributed by atoms with E-state index < -0.39 is 6.09 Å². The number of nitrogens with one attached hydrogen (secondary N) is 1. The molecule has 0 bridgehead atoms. The zero-order chi connectivity index (χ0) is 21.7. The van der Waals surface area contributed by atoms with Crippen LogP contribution in [0.1, 0.15) is 59.3 Å². The number of benzene rings is 2. The molecule has 3 rings (SSSR count). The second-order valence-corrected chi connectivity index (χ2v) is 8.63. The quantitative estimate of drug-likeness (QED) is 0.472. The van der Waals surface area contributed by atoms with Crippen molar-refractivity contribution in [1.29, 1.82) is 0 Å². The van der Waals surface area contributed by atoms with E-state index in [0.29, 0.717) is 17.7 Å². The second kappa shape index (κ2) is 10.0. The number of hydrogen-bond donors (Lipinski definition) is 1. The number of ether oxygens (including phenoxy) is 1. The van der Waals surface area contributed by atoms with Crippen LogP contribution >= 0.6 is 9.24 Å². The number of unbranched alkanes of at least 4 members (excludes halogenated alkanes) is 1. The predicted molar refractivity (Wildman–Crippen MR) is 125 cm³/mol. The SMILES string of the molecule is Cc1c(OC(=O)NC(C)C)ccc2c1CC(c1ccc(CCCCP)cc1)=CC2=O. The second-order valence-electron chi connectivity index (χ2n) is 8.06. The first kappa shape index (κ1) is 22.2. The third kappa shape index (κ3) is 5.37. The highest BCUT2D eigenvalue weighted by Gasteiger charge is 2.23. The Morgan fingerprint density at radius 3 is 2.53 bits per heavy atom. The number of fused-ring (bicyclic) bond motifs is 1. The largest absolute Gasteiger partial charge is 0.412 e. The molecule has 158 valence electrons. The van der Waals surface area contributed by atoms with Gasteiger partial charge in [0.25, 0.3) is 0 Å². The molecule has 1 unspecified atom stereocenters.